The number of carbonyl (C=O) groups is 2. The zero-order valence-electron chi connectivity index (χ0n) is 16.8. The standard InChI is InChI=1S/C17H24N4O3.C2HF3O2/c22-15(9-17(23)3-1-4-17)21-11-13-10-20(7-8-24-14(13)12-21)16-18-5-2-6-19-16;3-2(4,5)1(6)7/h2,5-6,13-14,23H,1,3-4,7-12H2;(H,6,7)/t13-,14+;/m0./s1. The molecule has 1 aromatic rings. The number of aliphatic hydroxyl groups is 1. The van der Waals surface area contributed by atoms with Gasteiger partial charge in [-0.3, -0.25) is 4.79 Å². The molecule has 2 aliphatic heterocycles. The van der Waals surface area contributed by atoms with Crippen molar-refractivity contribution in [3.05, 3.63) is 18.5 Å². The van der Waals surface area contributed by atoms with Gasteiger partial charge in [0.2, 0.25) is 11.9 Å². The van der Waals surface area contributed by atoms with E-state index >= 15 is 0 Å². The third kappa shape index (κ3) is 6.03. The number of amides is 1. The second-order valence-corrected chi connectivity index (χ2v) is 8.02. The van der Waals surface area contributed by atoms with Gasteiger partial charge in [-0.15, -0.1) is 0 Å². The van der Waals surface area contributed by atoms with Gasteiger partial charge in [0, 0.05) is 44.5 Å². The predicted octanol–water partition coefficient (Wildman–Crippen LogP) is 1.08. The summed E-state index contributed by atoms with van der Waals surface area (Å²) in [6, 6.07) is 1.81. The second kappa shape index (κ2) is 9.35. The van der Waals surface area contributed by atoms with Crippen LogP contribution in [0.1, 0.15) is 25.7 Å². The molecule has 31 heavy (non-hydrogen) atoms. The van der Waals surface area contributed by atoms with Gasteiger partial charge in [0.25, 0.3) is 0 Å². The Morgan fingerprint density at radius 1 is 1.19 bits per heavy atom. The first kappa shape index (κ1) is 23.2. The third-order valence-corrected chi connectivity index (χ3v) is 5.72. The summed E-state index contributed by atoms with van der Waals surface area (Å²) < 4.78 is 37.7. The number of nitrogens with zero attached hydrogens (tertiary/aromatic N) is 4. The lowest BCUT2D eigenvalue weighted by Gasteiger charge is -2.37. The number of carboxylic acids is 1. The Hall–Kier alpha value is -2.47. The Balaban J connectivity index is 0.000000339. The SMILES string of the molecule is O=C(CC1(O)CCC1)N1C[C@@H]2CN(c3ncccn3)CCO[C@@H]2C1.O=C(O)C(F)(F)F. The van der Waals surface area contributed by atoms with E-state index in [0.717, 1.165) is 38.3 Å². The van der Waals surface area contributed by atoms with Gasteiger partial charge in [0.1, 0.15) is 0 Å². The van der Waals surface area contributed by atoms with Gasteiger partial charge in [0.15, 0.2) is 0 Å². The fourth-order valence-corrected chi connectivity index (χ4v) is 3.89. The minimum Gasteiger partial charge on any atom is -0.475 e. The highest BCUT2D eigenvalue weighted by atomic mass is 19.4. The third-order valence-electron chi connectivity index (χ3n) is 5.72. The molecule has 4 rings (SSSR count). The van der Waals surface area contributed by atoms with Gasteiger partial charge in [-0.1, -0.05) is 0 Å². The quantitative estimate of drug-likeness (QED) is 0.709. The number of alkyl halides is 3. The molecule has 0 aromatic carbocycles. The molecule has 1 aromatic heterocycles. The Bertz CT molecular complexity index is 776. The monoisotopic (exact) mass is 446 g/mol. The van der Waals surface area contributed by atoms with Gasteiger partial charge in [0.05, 0.1) is 24.7 Å². The van der Waals surface area contributed by atoms with E-state index in [9.17, 15) is 23.1 Å². The van der Waals surface area contributed by atoms with Crippen molar-refractivity contribution < 1.29 is 37.7 Å². The van der Waals surface area contributed by atoms with Crippen molar-refractivity contribution in [2.24, 2.45) is 5.92 Å². The van der Waals surface area contributed by atoms with E-state index < -0.39 is 17.7 Å². The molecule has 2 saturated heterocycles. The molecular weight excluding hydrogens is 421 g/mol. The normalized spacial score (nSPS) is 24.9. The number of hydrogen-bond acceptors (Lipinski definition) is 7. The lowest BCUT2D eigenvalue weighted by molar-refractivity contribution is -0.192. The number of aliphatic carboxylic acids is 1. The van der Waals surface area contributed by atoms with Crippen LogP contribution in [0.15, 0.2) is 18.5 Å². The highest BCUT2D eigenvalue weighted by Crippen LogP contribution is 2.36. The summed E-state index contributed by atoms with van der Waals surface area (Å²) in [5.41, 5.74) is -0.757. The zero-order valence-corrected chi connectivity index (χ0v) is 16.8. The Morgan fingerprint density at radius 2 is 1.84 bits per heavy atom. The Labute approximate surface area is 176 Å². The fourth-order valence-electron chi connectivity index (χ4n) is 3.89. The maximum Gasteiger partial charge on any atom is 0.490 e. The number of carbonyl (C=O) groups excluding carboxylic acids is 1. The molecule has 3 fully saturated rings. The molecule has 0 bridgehead atoms. The van der Waals surface area contributed by atoms with Crippen molar-refractivity contribution >= 4 is 17.8 Å². The van der Waals surface area contributed by atoms with E-state index in [-0.39, 0.29) is 24.3 Å². The van der Waals surface area contributed by atoms with Crippen LogP contribution in [-0.4, -0.2) is 87.6 Å². The van der Waals surface area contributed by atoms with Crippen LogP contribution in [0.3, 0.4) is 0 Å². The summed E-state index contributed by atoms with van der Waals surface area (Å²) >= 11 is 0. The zero-order chi connectivity index (χ0) is 22.6. The fraction of sp³-hybridized carbons (Fsp3) is 0.684. The van der Waals surface area contributed by atoms with Crippen LogP contribution in [0.4, 0.5) is 19.1 Å². The topological polar surface area (TPSA) is 116 Å². The minimum atomic E-state index is -5.08. The van der Waals surface area contributed by atoms with Crippen LogP contribution in [0, 0.1) is 5.92 Å². The van der Waals surface area contributed by atoms with Crippen LogP contribution >= 0.6 is 0 Å². The van der Waals surface area contributed by atoms with Crippen molar-refractivity contribution in [1.29, 1.82) is 0 Å². The van der Waals surface area contributed by atoms with Crippen LogP contribution in [0.2, 0.25) is 0 Å². The second-order valence-electron chi connectivity index (χ2n) is 8.02. The number of fused-ring (bicyclic) bond motifs is 1. The maximum atomic E-state index is 12.5. The summed E-state index contributed by atoms with van der Waals surface area (Å²) in [7, 11) is 0. The summed E-state index contributed by atoms with van der Waals surface area (Å²) in [5.74, 6) is -1.73. The summed E-state index contributed by atoms with van der Waals surface area (Å²) in [4.78, 5) is 34.1. The molecule has 0 spiro atoms. The first-order valence-corrected chi connectivity index (χ1v) is 10.0. The molecule has 1 saturated carbocycles. The molecule has 1 aliphatic carbocycles. The number of carboxylic acid groups (broad SMARTS) is 1. The number of halogens is 3. The van der Waals surface area contributed by atoms with Crippen LogP contribution in [0.5, 0.6) is 0 Å². The van der Waals surface area contributed by atoms with Crippen molar-refractivity contribution in [1.82, 2.24) is 14.9 Å². The Kier molecular flexibility index (Phi) is 6.99. The molecule has 172 valence electrons. The van der Waals surface area contributed by atoms with Gasteiger partial charge >= 0.3 is 12.1 Å². The lowest BCUT2D eigenvalue weighted by atomic mass is 9.77. The highest BCUT2D eigenvalue weighted by molar-refractivity contribution is 5.78. The molecule has 3 aliphatic rings. The van der Waals surface area contributed by atoms with E-state index in [1.807, 2.05) is 11.0 Å². The lowest BCUT2D eigenvalue weighted by Crippen LogP contribution is -2.43. The van der Waals surface area contributed by atoms with E-state index in [4.69, 9.17) is 14.6 Å². The first-order valence-electron chi connectivity index (χ1n) is 10.0. The van der Waals surface area contributed by atoms with Crippen LogP contribution in [-0.2, 0) is 14.3 Å². The molecule has 3 heterocycles. The van der Waals surface area contributed by atoms with Crippen molar-refractivity contribution in [3.63, 3.8) is 0 Å². The molecule has 9 nitrogen and oxygen atoms in total. The highest BCUT2D eigenvalue weighted by Gasteiger charge is 2.43. The van der Waals surface area contributed by atoms with Gasteiger partial charge in [-0.25, -0.2) is 14.8 Å². The Morgan fingerprint density at radius 3 is 2.39 bits per heavy atom. The number of hydrogen-bond donors (Lipinski definition) is 2. The molecule has 0 radical (unpaired) electrons. The average molecular weight is 446 g/mol. The predicted molar refractivity (Wildman–Crippen MR) is 101 cm³/mol. The van der Waals surface area contributed by atoms with E-state index in [1.165, 1.54) is 0 Å². The number of anilines is 1. The summed E-state index contributed by atoms with van der Waals surface area (Å²) in [6.07, 6.45) is 1.23. The van der Waals surface area contributed by atoms with E-state index in [2.05, 4.69) is 14.9 Å². The number of likely N-dealkylation sites (tertiary alicyclic amines) is 1. The first-order chi connectivity index (χ1) is 14.6. The molecule has 1 amide bonds. The van der Waals surface area contributed by atoms with Crippen molar-refractivity contribution in [2.45, 2.75) is 43.6 Å². The molecule has 2 N–H and O–H groups in total. The van der Waals surface area contributed by atoms with E-state index in [0.29, 0.717) is 19.7 Å². The molecule has 12 heteroatoms. The average Bonchev–Trinajstić information content (AvgIpc) is 2.99. The summed E-state index contributed by atoms with van der Waals surface area (Å²) in [5, 5.41) is 17.4. The number of ether oxygens (including phenoxy) is 1. The van der Waals surface area contributed by atoms with Gasteiger partial charge < -0.3 is 24.7 Å². The van der Waals surface area contributed by atoms with Crippen molar-refractivity contribution in [3.8, 4) is 0 Å². The minimum absolute atomic E-state index is 0.0522. The van der Waals surface area contributed by atoms with Crippen molar-refractivity contribution in [2.75, 3.05) is 37.7 Å². The van der Waals surface area contributed by atoms with E-state index in [1.54, 1.807) is 12.4 Å². The largest absolute Gasteiger partial charge is 0.490 e. The van der Waals surface area contributed by atoms with Crippen LogP contribution < -0.4 is 4.90 Å². The molecule has 2 atom stereocenters. The molecule has 0 unspecified atom stereocenters. The summed E-state index contributed by atoms with van der Waals surface area (Å²) in [6.45, 7) is 3.49. The van der Waals surface area contributed by atoms with Gasteiger partial charge in [-0.05, 0) is 25.3 Å². The van der Waals surface area contributed by atoms with Crippen LogP contribution in [0.25, 0.3) is 0 Å². The smallest absolute Gasteiger partial charge is 0.475 e. The number of rotatable bonds is 3. The molecular formula is C19H25F3N4O5. The van der Waals surface area contributed by atoms with Gasteiger partial charge in [-0.2, -0.15) is 13.2 Å². The maximum absolute atomic E-state index is 12.5. The number of aromatic nitrogens is 2.